The maximum absolute atomic E-state index is 12.5. The molecular weight excluding hydrogens is 763 g/mol. The molecular formula is C57H113NO4. The first-order valence-corrected chi connectivity index (χ1v) is 28.5. The minimum atomic E-state index is -0.748. The molecule has 0 spiro atoms. The van der Waals surface area contributed by atoms with Crippen molar-refractivity contribution in [3.63, 3.8) is 0 Å². The van der Waals surface area contributed by atoms with Gasteiger partial charge in [-0.05, 0) is 38.5 Å². The van der Waals surface area contributed by atoms with Gasteiger partial charge < -0.3 is 20.6 Å². The van der Waals surface area contributed by atoms with Crippen LogP contribution >= 0.6 is 0 Å². The Labute approximate surface area is 389 Å². The molecule has 62 heavy (non-hydrogen) atoms. The Morgan fingerprint density at radius 1 is 0.387 bits per heavy atom. The molecule has 5 heteroatoms. The van der Waals surface area contributed by atoms with E-state index in [0.717, 1.165) is 25.7 Å². The molecule has 0 aliphatic rings. The average molecular weight is 877 g/mol. The second kappa shape index (κ2) is 52.7. The van der Waals surface area contributed by atoms with Gasteiger partial charge in [0.15, 0.2) is 0 Å². The topological polar surface area (TPSA) is 89.8 Å². The number of hydrogen-bond donors (Lipinski definition) is 4. The van der Waals surface area contributed by atoms with Gasteiger partial charge in [0.1, 0.15) is 0 Å². The lowest BCUT2D eigenvalue weighted by Gasteiger charge is -2.23. The Morgan fingerprint density at radius 3 is 0.935 bits per heavy atom. The van der Waals surface area contributed by atoms with E-state index in [1.807, 2.05) is 0 Å². The normalized spacial score (nSPS) is 13.3. The number of carbonyl (C=O) groups excluding carboxylic acids is 1. The summed E-state index contributed by atoms with van der Waals surface area (Å²) in [5.74, 6) is -0.277. The predicted molar refractivity (Wildman–Crippen MR) is 273 cm³/mol. The van der Waals surface area contributed by atoms with E-state index in [1.54, 1.807) is 0 Å². The van der Waals surface area contributed by atoms with E-state index in [2.05, 4.69) is 31.3 Å². The summed E-state index contributed by atoms with van der Waals surface area (Å²) in [6, 6.07) is -0.657. The fraction of sp³-hybridized carbons (Fsp3) is 0.947. The van der Waals surface area contributed by atoms with Crippen molar-refractivity contribution in [3.05, 3.63) is 12.2 Å². The van der Waals surface area contributed by atoms with Crippen molar-refractivity contribution in [1.29, 1.82) is 0 Å². The molecule has 0 bridgehead atoms. The molecule has 5 nitrogen and oxygen atoms in total. The highest BCUT2D eigenvalue weighted by atomic mass is 16.3. The first kappa shape index (κ1) is 61.1. The molecule has 0 aromatic rings. The van der Waals surface area contributed by atoms with Crippen LogP contribution < -0.4 is 5.32 Å². The molecule has 0 fully saturated rings. The molecule has 0 aliphatic heterocycles. The predicted octanol–water partition coefficient (Wildman–Crippen LogP) is 17.5. The fourth-order valence-electron chi connectivity index (χ4n) is 9.23. The van der Waals surface area contributed by atoms with Crippen molar-refractivity contribution in [2.75, 3.05) is 6.61 Å². The van der Waals surface area contributed by atoms with Crippen LogP contribution in [0.1, 0.15) is 322 Å². The van der Waals surface area contributed by atoms with Gasteiger partial charge in [-0.2, -0.15) is 0 Å². The SMILES string of the molecule is CCCCCCCCCCCCCC/C=C\CCCCCCCCCCCCCC(O)CC(=O)NC(CO)C(O)CCCCCCCCCCCCCCCCCCCCCC. The van der Waals surface area contributed by atoms with E-state index in [0.29, 0.717) is 12.8 Å². The van der Waals surface area contributed by atoms with Gasteiger partial charge in [-0.15, -0.1) is 0 Å². The highest BCUT2D eigenvalue weighted by Crippen LogP contribution is 2.18. The highest BCUT2D eigenvalue weighted by molar-refractivity contribution is 5.76. The Morgan fingerprint density at radius 2 is 0.645 bits per heavy atom. The Hall–Kier alpha value is -0.910. The van der Waals surface area contributed by atoms with Crippen LogP contribution in [0.25, 0.3) is 0 Å². The highest BCUT2D eigenvalue weighted by Gasteiger charge is 2.21. The summed E-state index contributed by atoms with van der Waals surface area (Å²) in [7, 11) is 0. The van der Waals surface area contributed by atoms with Crippen molar-refractivity contribution >= 4 is 5.91 Å². The second-order valence-electron chi connectivity index (χ2n) is 19.9. The maximum Gasteiger partial charge on any atom is 0.222 e. The van der Waals surface area contributed by atoms with Crippen LogP contribution in [0.2, 0.25) is 0 Å². The van der Waals surface area contributed by atoms with E-state index in [1.165, 1.54) is 263 Å². The summed E-state index contributed by atoms with van der Waals surface area (Å²) in [6.07, 6.45) is 65.1. The lowest BCUT2D eigenvalue weighted by Crippen LogP contribution is -2.46. The smallest absolute Gasteiger partial charge is 0.222 e. The number of aliphatic hydroxyl groups excluding tert-OH is 3. The van der Waals surface area contributed by atoms with E-state index >= 15 is 0 Å². The van der Waals surface area contributed by atoms with Crippen molar-refractivity contribution < 1.29 is 20.1 Å². The third kappa shape index (κ3) is 48.5. The number of rotatable bonds is 53. The molecule has 0 aromatic heterocycles. The molecule has 0 heterocycles. The summed E-state index contributed by atoms with van der Waals surface area (Å²) in [5, 5.41) is 33.6. The van der Waals surface area contributed by atoms with E-state index in [-0.39, 0.29) is 18.9 Å². The lowest BCUT2D eigenvalue weighted by atomic mass is 10.0. The average Bonchev–Trinajstić information content (AvgIpc) is 3.27. The largest absolute Gasteiger partial charge is 0.394 e. The summed E-state index contributed by atoms with van der Waals surface area (Å²) < 4.78 is 0. The van der Waals surface area contributed by atoms with Crippen LogP contribution in [-0.4, -0.2) is 46.1 Å². The number of carbonyl (C=O) groups is 1. The Balaban J connectivity index is 3.51. The number of unbranched alkanes of at least 4 members (excludes halogenated alkanes) is 42. The van der Waals surface area contributed by atoms with E-state index in [4.69, 9.17) is 0 Å². The van der Waals surface area contributed by atoms with Crippen LogP contribution in [0.5, 0.6) is 0 Å². The molecule has 3 unspecified atom stereocenters. The Kier molecular flexibility index (Phi) is 51.9. The second-order valence-corrected chi connectivity index (χ2v) is 19.9. The molecule has 0 saturated heterocycles. The van der Waals surface area contributed by atoms with Gasteiger partial charge in [0.2, 0.25) is 5.91 Å². The zero-order chi connectivity index (χ0) is 45.1. The summed E-state index contributed by atoms with van der Waals surface area (Å²) in [4.78, 5) is 12.5. The summed E-state index contributed by atoms with van der Waals surface area (Å²) in [6.45, 7) is 4.30. The van der Waals surface area contributed by atoms with Crippen molar-refractivity contribution in [1.82, 2.24) is 5.32 Å². The molecule has 3 atom stereocenters. The van der Waals surface area contributed by atoms with Crippen LogP contribution in [0.3, 0.4) is 0 Å². The van der Waals surface area contributed by atoms with Crippen molar-refractivity contribution in [3.8, 4) is 0 Å². The van der Waals surface area contributed by atoms with Crippen LogP contribution in [0, 0.1) is 0 Å². The third-order valence-corrected chi connectivity index (χ3v) is 13.6. The Bertz CT molecular complexity index is 879. The first-order chi connectivity index (χ1) is 30.5. The number of amides is 1. The van der Waals surface area contributed by atoms with Gasteiger partial charge in [0.05, 0.1) is 31.3 Å². The molecule has 0 aromatic carbocycles. The molecule has 0 radical (unpaired) electrons. The van der Waals surface area contributed by atoms with E-state index < -0.39 is 18.2 Å². The van der Waals surface area contributed by atoms with Crippen LogP contribution in [0.15, 0.2) is 12.2 Å². The first-order valence-electron chi connectivity index (χ1n) is 28.5. The molecule has 0 rings (SSSR count). The zero-order valence-corrected chi connectivity index (χ0v) is 42.3. The van der Waals surface area contributed by atoms with Gasteiger partial charge >= 0.3 is 0 Å². The molecule has 1 amide bonds. The van der Waals surface area contributed by atoms with Gasteiger partial charge in [-0.25, -0.2) is 0 Å². The van der Waals surface area contributed by atoms with Gasteiger partial charge in [0, 0.05) is 0 Å². The quantitative estimate of drug-likeness (QED) is 0.0362. The molecule has 0 aliphatic carbocycles. The van der Waals surface area contributed by atoms with Gasteiger partial charge in [-0.3, -0.25) is 4.79 Å². The van der Waals surface area contributed by atoms with Crippen molar-refractivity contribution in [2.45, 2.75) is 340 Å². The fourth-order valence-corrected chi connectivity index (χ4v) is 9.23. The molecule has 4 N–H and O–H groups in total. The van der Waals surface area contributed by atoms with Gasteiger partial charge in [0.25, 0.3) is 0 Å². The molecule has 0 saturated carbocycles. The maximum atomic E-state index is 12.5. The summed E-state index contributed by atoms with van der Waals surface area (Å²) >= 11 is 0. The number of allylic oxidation sites excluding steroid dienone is 2. The van der Waals surface area contributed by atoms with Gasteiger partial charge in [-0.1, -0.05) is 289 Å². The zero-order valence-electron chi connectivity index (χ0n) is 42.3. The number of hydrogen-bond acceptors (Lipinski definition) is 4. The standard InChI is InChI=1S/C57H113NO4/c1-3-5-7-9-11-13-15-17-19-21-23-25-26-27-28-29-30-31-32-34-36-38-40-42-44-46-48-50-54(60)52-57(62)58-55(53-59)56(61)51-49-47-45-43-41-39-37-35-33-24-22-20-18-16-14-12-10-8-6-4-2/h27-28,54-56,59-61H,3-26,29-53H2,1-2H3,(H,58,62)/b28-27-. The monoisotopic (exact) mass is 876 g/mol. The molecule has 370 valence electrons. The lowest BCUT2D eigenvalue weighted by molar-refractivity contribution is -0.125. The number of nitrogens with one attached hydrogen (secondary N) is 1. The number of aliphatic hydroxyl groups is 3. The van der Waals surface area contributed by atoms with Crippen LogP contribution in [-0.2, 0) is 4.79 Å². The minimum absolute atomic E-state index is 0.0400. The van der Waals surface area contributed by atoms with Crippen molar-refractivity contribution in [2.24, 2.45) is 0 Å². The van der Waals surface area contributed by atoms with E-state index in [9.17, 15) is 20.1 Å². The minimum Gasteiger partial charge on any atom is -0.394 e. The summed E-state index contributed by atoms with van der Waals surface area (Å²) in [5.41, 5.74) is 0. The third-order valence-electron chi connectivity index (χ3n) is 13.6. The van der Waals surface area contributed by atoms with Crippen LogP contribution in [0.4, 0.5) is 0 Å².